The van der Waals surface area contributed by atoms with Gasteiger partial charge in [0.05, 0.1) is 18.3 Å². The maximum atomic E-state index is 11.7. The van der Waals surface area contributed by atoms with Crippen molar-refractivity contribution in [2.45, 2.75) is 6.54 Å². The fourth-order valence-electron chi connectivity index (χ4n) is 1.38. The zero-order chi connectivity index (χ0) is 10.8. The number of para-hydroxylation sites is 1. The maximum absolute atomic E-state index is 11.7. The number of hydrogen-bond donors (Lipinski definition) is 1. The van der Waals surface area contributed by atoms with Gasteiger partial charge in [0.2, 0.25) is 0 Å². The molecule has 15 heavy (non-hydrogen) atoms. The molecule has 0 spiro atoms. The van der Waals surface area contributed by atoms with Gasteiger partial charge in [-0.2, -0.15) is 0 Å². The number of hydrogen-bond acceptors (Lipinski definition) is 4. The Labute approximate surface area is 84.6 Å². The molecular formula is C10H8N2O3. The van der Waals surface area contributed by atoms with Gasteiger partial charge < -0.3 is 9.90 Å². The molecule has 0 fully saturated rings. The molecule has 0 amide bonds. The molecule has 5 heteroatoms. The van der Waals surface area contributed by atoms with E-state index in [1.54, 1.807) is 12.1 Å². The lowest BCUT2D eigenvalue weighted by Crippen LogP contribution is -2.21. The van der Waals surface area contributed by atoms with Crippen molar-refractivity contribution in [3.8, 4) is 5.75 Å². The highest BCUT2D eigenvalue weighted by atomic mass is 16.3. The Hall–Kier alpha value is -2.17. The number of phenolic OH excluding ortho intramolecular Hbond substituents is 1. The third-order valence-electron chi connectivity index (χ3n) is 2.10. The van der Waals surface area contributed by atoms with Gasteiger partial charge in [-0.05, 0) is 12.1 Å². The molecule has 2 rings (SSSR count). The minimum absolute atomic E-state index is 0.0303. The number of carbonyl (C=O) groups excluding carboxylic acids is 1. The average molecular weight is 204 g/mol. The second kappa shape index (κ2) is 3.53. The fraction of sp³-hybridized carbons (Fsp3) is 0.100. The highest BCUT2D eigenvalue weighted by Crippen LogP contribution is 2.18. The van der Waals surface area contributed by atoms with Crippen LogP contribution in [0.4, 0.5) is 0 Å². The highest BCUT2D eigenvalue weighted by molar-refractivity contribution is 5.83. The molecular weight excluding hydrogens is 196 g/mol. The minimum Gasteiger partial charge on any atom is -0.506 e. The standard InChI is InChI=1S/C10H8N2O3/c13-5-4-12-6-11-9-7(10(12)15)2-1-3-8(9)14/h1-3,5-6,14H,4H2. The van der Waals surface area contributed by atoms with E-state index < -0.39 is 0 Å². The first-order valence-corrected chi connectivity index (χ1v) is 4.35. The molecule has 0 aliphatic heterocycles. The molecule has 5 nitrogen and oxygen atoms in total. The lowest BCUT2D eigenvalue weighted by atomic mass is 10.2. The van der Waals surface area contributed by atoms with Crippen LogP contribution < -0.4 is 5.56 Å². The molecule has 0 aliphatic rings. The molecule has 1 aromatic heterocycles. The van der Waals surface area contributed by atoms with E-state index in [-0.39, 0.29) is 23.4 Å². The van der Waals surface area contributed by atoms with Crippen LogP contribution in [0.25, 0.3) is 10.9 Å². The van der Waals surface area contributed by atoms with Crippen LogP contribution in [0.1, 0.15) is 0 Å². The van der Waals surface area contributed by atoms with Crippen molar-refractivity contribution in [3.05, 3.63) is 34.9 Å². The second-order valence-corrected chi connectivity index (χ2v) is 3.04. The second-order valence-electron chi connectivity index (χ2n) is 3.04. The summed E-state index contributed by atoms with van der Waals surface area (Å²) in [7, 11) is 0. The Morgan fingerprint density at radius 1 is 1.47 bits per heavy atom. The smallest absolute Gasteiger partial charge is 0.261 e. The molecule has 0 saturated carbocycles. The minimum atomic E-state index is -0.331. The molecule has 76 valence electrons. The van der Waals surface area contributed by atoms with Crippen molar-refractivity contribution in [2.24, 2.45) is 0 Å². The first kappa shape index (κ1) is 9.39. The zero-order valence-corrected chi connectivity index (χ0v) is 7.75. The van der Waals surface area contributed by atoms with E-state index in [2.05, 4.69) is 4.98 Å². The molecule has 0 atom stereocenters. The number of benzene rings is 1. The molecule has 0 unspecified atom stereocenters. The van der Waals surface area contributed by atoms with E-state index in [1.807, 2.05) is 0 Å². The summed E-state index contributed by atoms with van der Waals surface area (Å²) in [4.78, 5) is 25.9. The van der Waals surface area contributed by atoms with Crippen molar-refractivity contribution in [1.82, 2.24) is 9.55 Å². The van der Waals surface area contributed by atoms with E-state index in [0.717, 1.165) is 0 Å². The number of aldehydes is 1. The number of aromatic nitrogens is 2. The van der Waals surface area contributed by atoms with Crippen molar-refractivity contribution < 1.29 is 9.90 Å². The molecule has 1 N–H and O–H groups in total. The third kappa shape index (κ3) is 1.48. The van der Waals surface area contributed by atoms with Gasteiger partial charge in [0.15, 0.2) is 0 Å². The number of nitrogens with zero attached hydrogens (tertiary/aromatic N) is 2. The molecule has 2 aromatic rings. The van der Waals surface area contributed by atoms with Gasteiger partial charge in [0.25, 0.3) is 5.56 Å². The summed E-state index contributed by atoms with van der Waals surface area (Å²) in [6.45, 7) is -0.0303. The number of rotatable bonds is 2. The van der Waals surface area contributed by atoms with E-state index >= 15 is 0 Å². The predicted octanol–water partition coefficient (Wildman–Crippen LogP) is 0.301. The highest BCUT2D eigenvalue weighted by Gasteiger charge is 2.06. The van der Waals surface area contributed by atoms with Crippen molar-refractivity contribution in [1.29, 1.82) is 0 Å². The van der Waals surface area contributed by atoms with Gasteiger partial charge in [-0.1, -0.05) is 6.07 Å². The van der Waals surface area contributed by atoms with Gasteiger partial charge in [0.1, 0.15) is 17.6 Å². The Bertz CT molecular complexity index is 574. The summed E-state index contributed by atoms with van der Waals surface area (Å²) in [6, 6.07) is 4.58. The summed E-state index contributed by atoms with van der Waals surface area (Å²) in [5.41, 5.74) is -0.0763. The maximum Gasteiger partial charge on any atom is 0.261 e. The summed E-state index contributed by atoms with van der Waals surface area (Å²) in [6.07, 6.45) is 1.87. The van der Waals surface area contributed by atoms with Crippen LogP contribution in [-0.4, -0.2) is 20.9 Å². The van der Waals surface area contributed by atoms with Crippen molar-refractivity contribution in [2.75, 3.05) is 0 Å². The topological polar surface area (TPSA) is 72.2 Å². The largest absolute Gasteiger partial charge is 0.506 e. The van der Waals surface area contributed by atoms with E-state index in [1.165, 1.54) is 17.0 Å². The molecule has 0 saturated heterocycles. The summed E-state index contributed by atoms with van der Waals surface area (Å²) in [5, 5.41) is 9.74. The monoisotopic (exact) mass is 204 g/mol. The Morgan fingerprint density at radius 3 is 3.00 bits per heavy atom. The van der Waals surface area contributed by atoms with Crippen LogP contribution in [0.2, 0.25) is 0 Å². The lowest BCUT2D eigenvalue weighted by Gasteiger charge is -2.03. The number of aromatic hydroxyl groups is 1. The van der Waals surface area contributed by atoms with Gasteiger partial charge in [-0.25, -0.2) is 4.98 Å². The van der Waals surface area contributed by atoms with Crippen molar-refractivity contribution >= 4 is 17.2 Å². The SMILES string of the molecule is O=CCn1cnc2c(O)cccc2c1=O. The summed E-state index contributed by atoms with van der Waals surface area (Å²) >= 11 is 0. The molecule has 1 heterocycles. The first-order chi connectivity index (χ1) is 7.24. The first-order valence-electron chi connectivity index (χ1n) is 4.35. The van der Waals surface area contributed by atoms with Gasteiger partial charge in [-0.3, -0.25) is 9.36 Å². The molecule has 1 aromatic carbocycles. The van der Waals surface area contributed by atoms with Crippen LogP contribution in [0, 0.1) is 0 Å². The van der Waals surface area contributed by atoms with Gasteiger partial charge in [-0.15, -0.1) is 0 Å². The predicted molar refractivity (Wildman–Crippen MR) is 53.7 cm³/mol. The quantitative estimate of drug-likeness (QED) is 0.714. The fourth-order valence-corrected chi connectivity index (χ4v) is 1.38. The lowest BCUT2D eigenvalue weighted by molar-refractivity contribution is -0.108. The Morgan fingerprint density at radius 2 is 2.27 bits per heavy atom. The van der Waals surface area contributed by atoms with Crippen molar-refractivity contribution in [3.63, 3.8) is 0 Å². The van der Waals surface area contributed by atoms with E-state index in [9.17, 15) is 14.7 Å². The van der Waals surface area contributed by atoms with Crippen LogP contribution >= 0.6 is 0 Å². The molecule has 0 bridgehead atoms. The molecule has 0 aliphatic carbocycles. The van der Waals surface area contributed by atoms with Crippen LogP contribution in [0.15, 0.2) is 29.3 Å². The Balaban J connectivity index is 2.80. The number of carbonyl (C=O) groups is 1. The van der Waals surface area contributed by atoms with E-state index in [4.69, 9.17) is 0 Å². The van der Waals surface area contributed by atoms with Crippen LogP contribution in [0.3, 0.4) is 0 Å². The number of fused-ring (bicyclic) bond motifs is 1. The zero-order valence-electron chi connectivity index (χ0n) is 7.75. The Kier molecular flexibility index (Phi) is 2.21. The van der Waals surface area contributed by atoms with Crippen LogP contribution in [-0.2, 0) is 11.3 Å². The molecule has 0 radical (unpaired) electrons. The van der Waals surface area contributed by atoms with Gasteiger partial charge in [0, 0.05) is 0 Å². The van der Waals surface area contributed by atoms with Gasteiger partial charge >= 0.3 is 0 Å². The summed E-state index contributed by atoms with van der Waals surface area (Å²) < 4.78 is 1.19. The summed E-state index contributed by atoms with van der Waals surface area (Å²) in [5.74, 6) is -0.0390. The third-order valence-corrected chi connectivity index (χ3v) is 2.10. The normalized spacial score (nSPS) is 10.4. The van der Waals surface area contributed by atoms with E-state index in [0.29, 0.717) is 11.7 Å². The average Bonchev–Trinajstić information content (AvgIpc) is 2.23. The number of phenols is 1. The van der Waals surface area contributed by atoms with Crippen LogP contribution in [0.5, 0.6) is 5.75 Å².